The van der Waals surface area contributed by atoms with Crippen LogP contribution < -0.4 is 5.32 Å². The number of halogens is 1. The van der Waals surface area contributed by atoms with Gasteiger partial charge in [0.05, 0.1) is 0 Å². The zero-order valence-corrected chi connectivity index (χ0v) is 13.5. The maximum absolute atomic E-state index is 6.39. The van der Waals surface area contributed by atoms with Crippen molar-refractivity contribution in [3.05, 3.63) is 34.9 Å². The van der Waals surface area contributed by atoms with Gasteiger partial charge in [-0.2, -0.15) is 0 Å². The fourth-order valence-electron chi connectivity index (χ4n) is 2.69. The van der Waals surface area contributed by atoms with E-state index in [9.17, 15) is 0 Å². The SMILES string of the molecule is CCC(CC)C(CNCC(C)C)c1ccccc1Cl. The molecule has 19 heavy (non-hydrogen) atoms. The Hall–Kier alpha value is -0.530. The van der Waals surface area contributed by atoms with Gasteiger partial charge >= 0.3 is 0 Å². The Morgan fingerprint density at radius 3 is 2.21 bits per heavy atom. The molecule has 1 atom stereocenters. The number of nitrogens with one attached hydrogen (secondary N) is 1. The molecule has 0 aliphatic heterocycles. The first-order valence-electron chi connectivity index (χ1n) is 7.55. The fourth-order valence-corrected chi connectivity index (χ4v) is 2.97. The largest absolute Gasteiger partial charge is 0.316 e. The van der Waals surface area contributed by atoms with Crippen molar-refractivity contribution in [1.29, 1.82) is 0 Å². The van der Waals surface area contributed by atoms with Crippen LogP contribution in [0.15, 0.2) is 24.3 Å². The van der Waals surface area contributed by atoms with E-state index in [-0.39, 0.29) is 0 Å². The molecule has 0 saturated carbocycles. The standard InChI is InChI=1S/C17H28ClN/c1-5-14(6-2)16(12-19-11-13(3)4)15-9-7-8-10-17(15)18/h7-10,13-14,16,19H,5-6,11-12H2,1-4H3. The average molecular weight is 282 g/mol. The van der Waals surface area contributed by atoms with Gasteiger partial charge in [0, 0.05) is 17.5 Å². The first kappa shape index (κ1) is 16.5. The summed E-state index contributed by atoms with van der Waals surface area (Å²) in [6, 6.07) is 8.30. The summed E-state index contributed by atoms with van der Waals surface area (Å²) < 4.78 is 0. The van der Waals surface area contributed by atoms with E-state index in [1.54, 1.807) is 0 Å². The van der Waals surface area contributed by atoms with Crippen LogP contribution in [0.3, 0.4) is 0 Å². The lowest BCUT2D eigenvalue weighted by Gasteiger charge is -2.27. The van der Waals surface area contributed by atoms with E-state index in [1.807, 2.05) is 12.1 Å². The Balaban J connectivity index is 2.83. The third-order valence-electron chi connectivity index (χ3n) is 3.84. The predicted octanol–water partition coefficient (Wildman–Crippen LogP) is 5.11. The zero-order valence-electron chi connectivity index (χ0n) is 12.7. The average Bonchev–Trinajstić information content (AvgIpc) is 2.39. The summed E-state index contributed by atoms with van der Waals surface area (Å²) in [5.41, 5.74) is 1.30. The molecule has 0 amide bonds. The highest BCUT2D eigenvalue weighted by Gasteiger charge is 2.22. The fraction of sp³-hybridized carbons (Fsp3) is 0.647. The predicted molar refractivity (Wildman–Crippen MR) is 86.0 cm³/mol. The molecule has 0 spiro atoms. The normalized spacial score (nSPS) is 13.2. The van der Waals surface area contributed by atoms with Crippen molar-refractivity contribution < 1.29 is 0 Å². The van der Waals surface area contributed by atoms with Crippen LogP contribution in [0.25, 0.3) is 0 Å². The zero-order chi connectivity index (χ0) is 14.3. The highest BCUT2D eigenvalue weighted by Crippen LogP contribution is 2.33. The van der Waals surface area contributed by atoms with Crippen LogP contribution >= 0.6 is 11.6 Å². The molecule has 0 heterocycles. The molecule has 108 valence electrons. The summed E-state index contributed by atoms with van der Waals surface area (Å²) in [5, 5.41) is 4.51. The second-order valence-electron chi connectivity index (χ2n) is 5.76. The van der Waals surface area contributed by atoms with E-state index in [0.717, 1.165) is 18.1 Å². The second kappa shape index (κ2) is 8.60. The van der Waals surface area contributed by atoms with Gasteiger partial charge in [0.1, 0.15) is 0 Å². The Morgan fingerprint density at radius 1 is 1.05 bits per heavy atom. The van der Waals surface area contributed by atoms with Crippen LogP contribution in [0, 0.1) is 11.8 Å². The van der Waals surface area contributed by atoms with Crippen LogP contribution in [0.5, 0.6) is 0 Å². The molecule has 1 nitrogen and oxygen atoms in total. The van der Waals surface area contributed by atoms with E-state index < -0.39 is 0 Å². The summed E-state index contributed by atoms with van der Waals surface area (Å²) in [5.74, 6) is 1.90. The molecule has 1 rings (SSSR count). The van der Waals surface area contributed by atoms with Crippen molar-refractivity contribution in [3.8, 4) is 0 Å². The maximum atomic E-state index is 6.39. The molecule has 0 bridgehead atoms. The van der Waals surface area contributed by atoms with Crippen molar-refractivity contribution >= 4 is 11.6 Å². The molecular formula is C17H28ClN. The van der Waals surface area contributed by atoms with Gasteiger partial charge in [-0.05, 0) is 30.0 Å². The minimum atomic E-state index is 0.516. The minimum absolute atomic E-state index is 0.516. The molecule has 1 aromatic rings. The van der Waals surface area contributed by atoms with Gasteiger partial charge in [0.25, 0.3) is 0 Å². The molecule has 1 N–H and O–H groups in total. The molecular weight excluding hydrogens is 254 g/mol. The van der Waals surface area contributed by atoms with Gasteiger partial charge in [-0.3, -0.25) is 0 Å². The molecule has 0 aromatic heterocycles. The van der Waals surface area contributed by atoms with Crippen LogP contribution in [-0.2, 0) is 0 Å². The van der Waals surface area contributed by atoms with Gasteiger partial charge in [-0.15, -0.1) is 0 Å². The van der Waals surface area contributed by atoms with Crippen LogP contribution in [0.4, 0.5) is 0 Å². The lowest BCUT2D eigenvalue weighted by molar-refractivity contribution is 0.373. The van der Waals surface area contributed by atoms with Gasteiger partial charge < -0.3 is 5.32 Å². The van der Waals surface area contributed by atoms with Crippen molar-refractivity contribution in [1.82, 2.24) is 5.32 Å². The monoisotopic (exact) mass is 281 g/mol. The Labute approximate surface area is 123 Å². The van der Waals surface area contributed by atoms with Gasteiger partial charge in [0.15, 0.2) is 0 Å². The van der Waals surface area contributed by atoms with Gasteiger partial charge in [-0.1, -0.05) is 70.3 Å². The van der Waals surface area contributed by atoms with Crippen LogP contribution in [-0.4, -0.2) is 13.1 Å². The Morgan fingerprint density at radius 2 is 1.68 bits per heavy atom. The highest BCUT2D eigenvalue weighted by atomic mass is 35.5. The van der Waals surface area contributed by atoms with E-state index in [2.05, 4.69) is 45.1 Å². The lowest BCUT2D eigenvalue weighted by Crippen LogP contribution is -2.29. The number of hydrogen-bond donors (Lipinski definition) is 1. The summed E-state index contributed by atoms with van der Waals surface area (Å²) in [7, 11) is 0. The van der Waals surface area contributed by atoms with Gasteiger partial charge in [-0.25, -0.2) is 0 Å². The maximum Gasteiger partial charge on any atom is 0.0441 e. The van der Waals surface area contributed by atoms with Crippen LogP contribution in [0.2, 0.25) is 5.02 Å². The minimum Gasteiger partial charge on any atom is -0.316 e. The Bertz CT molecular complexity index is 358. The summed E-state index contributed by atoms with van der Waals surface area (Å²) >= 11 is 6.39. The molecule has 0 fully saturated rings. The van der Waals surface area contributed by atoms with Crippen LogP contribution in [0.1, 0.15) is 52.0 Å². The van der Waals surface area contributed by atoms with E-state index in [4.69, 9.17) is 11.6 Å². The van der Waals surface area contributed by atoms with Crippen molar-refractivity contribution in [2.75, 3.05) is 13.1 Å². The number of rotatable bonds is 8. The van der Waals surface area contributed by atoms with Crippen molar-refractivity contribution in [2.24, 2.45) is 11.8 Å². The molecule has 0 radical (unpaired) electrons. The lowest BCUT2D eigenvalue weighted by atomic mass is 9.82. The summed E-state index contributed by atoms with van der Waals surface area (Å²) in [4.78, 5) is 0. The van der Waals surface area contributed by atoms with E-state index in [0.29, 0.717) is 17.8 Å². The first-order valence-corrected chi connectivity index (χ1v) is 7.93. The first-order chi connectivity index (χ1) is 9.10. The molecule has 1 aromatic carbocycles. The van der Waals surface area contributed by atoms with E-state index >= 15 is 0 Å². The highest BCUT2D eigenvalue weighted by molar-refractivity contribution is 6.31. The van der Waals surface area contributed by atoms with Crippen molar-refractivity contribution in [2.45, 2.75) is 46.5 Å². The molecule has 2 heteroatoms. The quantitative estimate of drug-likeness (QED) is 0.698. The third kappa shape index (κ3) is 5.16. The molecule has 1 unspecified atom stereocenters. The summed E-state index contributed by atoms with van der Waals surface area (Å²) in [6.07, 6.45) is 2.41. The Kier molecular flexibility index (Phi) is 7.48. The third-order valence-corrected chi connectivity index (χ3v) is 4.18. The van der Waals surface area contributed by atoms with Crippen molar-refractivity contribution in [3.63, 3.8) is 0 Å². The molecule has 0 aliphatic rings. The number of benzene rings is 1. The topological polar surface area (TPSA) is 12.0 Å². The number of hydrogen-bond acceptors (Lipinski definition) is 1. The molecule has 0 aliphatic carbocycles. The smallest absolute Gasteiger partial charge is 0.0441 e. The van der Waals surface area contributed by atoms with Gasteiger partial charge in [0.2, 0.25) is 0 Å². The molecule has 0 saturated heterocycles. The van der Waals surface area contributed by atoms with E-state index in [1.165, 1.54) is 18.4 Å². The second-order valence-corrected chi connectivity index (χ2v) is 6.16. The summed E-state index contributed by atoms with van der Waals surface area (Å²) in [6.45, 7) is 11.1.